The van der Waals surface area contributed by atoms with Crippen LogP contribution in [0.15, 0.2) is 32.7 Å². The first-order valence-corrected chi connectivity index (χ1v) is 6.95. The van der Waals surface area contributed by atoms with E-state index in [9.17, 15) is 19.5 Å². The summed E-state index contributed by atoms with van der Waals surface area (Å²) in [5.41, 5.74) is -0.851. The van der Waals surface area contributed by atoms with Crippen molar-refractivity contribution in [3.63, 3.8) is 0 Å². The highest BCUT2D eigenvalue weighted by Crippen LogP contribution is 2.28. The number of carbonyl (C=O) groups excluding carboxylic acids is 1. The van der Waals surface area contributed by atoms with Crippen molar-refractivity contribution < 1.29 is 14.6 Å². The minimum absolute atomic E-state index is 0.0169. The van der Waals surface area contributed by atoms with Gasteiger partial charge < -0.3 is 20.1 Å². The highest BCUT2D eigenvalue weighted by atomic mass is 16.5. The molecule has 0 aromatic heterocycles. The lowest BCUT2D eigenvalue weighted by Gasteiger charge is -2.21. The molecule has 0 fully saturated rings. The number of amides is 1. The summed E-state index contributed by atoms with van der Waals surface area (Å²) >= 11 is 0. The van der Waals surface area contributed by atoms with Crippen LogP contribution in [0, 0.1) is 0 Å². The number of nitrogens with one attached hydrogen (secondary N) is 1. The number of rotatable bonds is 5. The van der Waals surface area contributed by atoms with Crippen molar-refractivity contribution in [3.8, 4) is 5.75 Å². The molecule has 0 aliphatic heterocycles. The van der Waals surface area contributed by atoms with Crippen LogP contribution in [0.3, 0.4) is 0 Å². The maximum Gasteiger partial charge on any atom is 0.272 e. The van der Waals surface area contributed by atoms with Crippen molar-refractivity contribution >= 4 is 11.6 Å². The zero-order valence-corrected chi connectivity index (χ0v) is 12.7. The molecule has 1 aromatic carbocycles. The van der Waals surface area contributed by atoms with Crippen LogP contribution < -0.4 is 20.9 Å². The Labute approximate surface area is 127 Å². The van der Waals surface area contributed by atoms with Crippen LogP contribution in [-0.2, 0) is 4.79 Å². The van der Waals surface area contributed by atoms with Gasteiger partial charge in [-0.1, -0.05) is 6.08 Å². The third-order valence-corrected chi connectivity index (χ3v) is 3.36. The van der Waals surface area contributed by atoms with Gasteiger partial charge in [0.2, 0.25) is 0 Å². The van der Waals surface area contributed by atoms with Gasteiger partial charge in [0, 0.05) is 14.1 Å². The number of ether oxygens (including phenoxy) is 1. The molecule has 0 saturated carbocycles. The zero-order chi connectivity index (χ0) is 16.4. The summed E-state index contributed by atoms with van der Waals surface area (Å²) in [6.45, 7) is 1.95. The molecule has 0 saturated heterocycles. The van der Waals surface area contributed by atoms with Gasteiger partial charge in [0.15, 0.2) is 5.75 Å². The molecule has 1 aromatic rings. The van der Waals surface area contributed by atoms with Crippen LogP contribution >= 0.6 is 0 Å². The second-order valence-corrected chi connectivity index (χ2v) is 5.10. The number of aliphatic hydroxyl groups is 1. The van der Waals surface area contributed by atoms with Crippen LogP contribution in [0.1, 0.15) is 19.8 Å². The van der Waals surface area contributed by atoms with Gasteiger partial charge in [-0.05, 0) is 19.8 Å². The van der Waals surface area contributed by atoms with Crippen LogP contribution in [0.25, 0.3) is 0 Å². The van der Waals surface area contributed by atoms with Gasteiger partial charge in [-0.2, -0.15) is 0 Å². The van der Waals surface area contributed by atoms with Crippen molar-refractivity contribution in [1.29, 1.82) is 0 Å². The smallest absolute Gasteiger partial charge is 0.272 e. The van der Waals surface area contributed by atoms with Crippen LogP contribution in [-0.4, -0.2) is 36.6 Å². The van der Waals surface area contributed by atoms with Gasteiger partial charge in [0.25, 0.3) is 16.8 Å². The van der Waals surface area contributed by atoms with E-state index in [0.717, 1.165) is 0 Å². The lowest BCUT2D eigenvalue weighted by molar-refractivity contribution is -0.125. The number of hydrogen-bond donors (Lipinski definition) is 2. The second kappa shape index (κ2) is 6.05. The lowest BCUT2D eigenvalue weighted by atomic mass is 9.99. The van der Waals surface area contributed by atoms with Crippen LogP contribution in [0.4, 0.5) is 5.69 Å². The fourth-order valence-electron chi connectivity index (χ4n) is 2.23. The van der Waals surface area contributed by atoms with E-state index in [1.807, 2.05) is 0 Å². The number of carbonyl (C=O) groups is 1. The van der Waals surface area contributed by atoms with Crippen molar-refractivity contribution in [1.82, 2.24) is 4.90 Å². The molecule has 1 aliphatic carbocycles. The number of allylic oxidation sites excluding steroid dienone is 1. The van der Waals surface area contributed by atoms with E-state index >= 15 is 0 Å². The minimum Gasteiger partial charge on any atom is -0.505 e. The summed E-state index contributed by atoms with van der Waals surface area (Å²) in [6, 6.07) is 0. The maximum atomic E-state index is 12.0. The third-order valence-electron chi connectivity index (χ3n) is 3.36. The molecule has 0 unspecified atom stereocenters. The fourth-order valence-corrected chi connectivity index (χ4v) is 2.23. The Hall–Kier alpha value is -2.57. The zero-order valence-electron chi connectivity index (χ0n) is 12.7. The summed E-state index contributed by atoms with van der Waals surface area (Å²) in [6.07, 6.45) is 2.63. The number of hydrogen-bond acceptors (Lipinski definition) is 6. The first-order valence-electron chi connectivity index (χ1n) is 6.95. The molecule has 7 heteroatoms. The van der Waals surface area contributed by atoms with Crippen molar-refractivity contribution in [2.45, 2.75) is 19.8 Å². The van der Waals surface area contributed by atoms with E-state index in [4.69, 9.17) is 4.74 Å². The molecule has 2 rings (SSSR count). The molecular weight excluding hydrogens is 288 g/mol. The Morgan fingerprint density at radius 2 is 2.05 bits per heavy atom. The first kappa shape index (κ1) is 15.8. The van der Waals surface area contributed by atoms with Gasteiger partial charge in [-0.3, -0.25) is 14.4 Å². The number of likely N-dealkylation sites (N-methyl/N-ethyl adjacent to an activating group) is 1. The van der Waals surface area contributed by atoms with Crippen molar-refractivity contribution in [3.05, 3.63) is 43.6 Å². The molecule has 22 heavy (non-hydrogen) atoms. The van der Waals surface area contributed by atoms with Crippen molar-refractivity contribution in [2.75, 3.05) is 26.0 Å². The maximum absolute atomic E-state index is 12.0. The monoisotopic (exact) mass is 306 g/mol. The Morgan fingerprint density at radius 3 is 2.64 bits per heavy atom. The van der Waals surface area contributed by atoms with Gasteiger partial charge in [-0.25, -0.2) is 0 Å². The first-order chi connectivity index (χ1) is 10.4. The molecule has 0 bridgehead atoms. The molecule has 2 N–H and O–H groups in total. The second-order valence-electron chi connectivity index (χ2n) is 5.10. The third kappa shape index (κ3) is 2.61. The number of anilines is 1. The van der Waals surface area contributed by atoms with Gasteiger partial charge >= 0.3 is 0 Å². The molecule has 0 heterocycles. The fraction of sp³-hybridized carbons (Fsp3) is 0.400. The van der Waals surface area contributed by atoms with Gasteiger partial charge in [-0.15, -0.1) is 0 Å². The molecular formula is C15H18N2O5. The normalized spacial score (nSPS) is 14.8. The van der Waals surface area contributed by atoms with E-state index in [1.165, 1.54) is 4.90 Å². The van der Waals surface area contributed by atoms with Gasteiger partial charge in [0.05, 0.1) is 17.9 Å². The Kier molecular flexibility index (Phi) is 4.35. The molecule has 0 spiro atoms. The Balaban J connectivity index is 2.29. The van der Waals surface area contributed by atoms with E-state index in [1.54, 1.807) is 27.1 Å². The lowest BCUT2D eigenvalue weighted by Crippen LogP contribution is -2.36. The average molecular weight is 306 g/mol. The molecule has 1 aliphatic rings. The highest BCUT2D eigenvalue weighted by Gasteiger charge is 2.27. The van der Waals surface area contributed by atoms with E-state index in [2.05, 4.69) is 5.32 Å². The topological polar surface area (TPSA) is 95.9 Å². The Bertz CT molecular complexity index is 736. The van der Waals surface area contributed by atoms with E-state index in [0.29, 0.717) is 12.8 Å². The molecule has 7 nitrogen and oxygen atoms in total. The summed E-state index contributed by atoms with van der Waals surface area (Å²) < 4.78 is 5.11. The van der Waals surface area contributed by atoms with Crippen LogP contribution in [0.2, 0.25) is 0 Å². The highest BCUT2D eigenvalue weighted by molar-refractivity contribution is 5.94. The largest absolute Gasteiger partial charge is 0.505 e. The van der Waals surface area contributed by atoms with E-state index in [-0.39, 0.29) is 41.0 Å². The Morgan fingerprint density at radius 1 is 1.36 bits per heavy atom. The van der Waals surface area contributed by atoms with Crippen molar-refractivity contribution in [2.24, 2.45) is 0 Å². The average Bonchev–Trinajstić information content (AvgIpc) is 2.51. The summed E-state index contributed by atoms with van der Waals surface area (Å²) in [5.74, 6) is -0.535. The minimum atomic E-state index is -0.691. The summed E-state index contributed by atoms with van der Waals surface area (Å²) in [5, 5.41) is 12.9. The number of nitrogens with zero attached hydrogens (tertiary/aromatic N) is 1. The number of aliphatic hydroxyl groups excluding tert-OH is 1. The predicted molar refractivity (Wildman–Crippen MR) is 81.8 cm³/mol. The van der Waals surface area contributed by atoms with Crippen LogP contribution in [0.5, 0.6) is 5.75 Å². The molecule has 118 valence electrons. The molecule has 1 amide bonds. The quantitative estimate of drug-likeness (QED) is 0.776. The molecule has 0 radical (unpaired) electrons. The molecule has 0 atom stereocenters. The standard InChI is InChI=1S/C15H18N2O5/c1-4-22-14-10(12(19)13(14)20)16-9-7-5-6-8(11(9)18)15(21)17(2)3/h7,16,18H,4-6H2,1-3H3. The predicted octanol–water partition coefficient (Wildman–Crippen LogP) is 0.671. The van der Waals surface area contributed by atoms with Gasteiger partial charge in [0.1, 0.15) is 11.4 Å². The SMILES string of the molecule is CCOc1c(NC2=CCCC(C(=O)N(C)C)=C2O)c(=O)c1=O. The summed E-state index contributed by atoms with van der Waals surface area (Å²) in [4.78, 5) is 36.4. The van der Waals surface area contributed by atoms with E-state index < -0.39 is 10.9 Å². The summed E-state index contributed by atoms with van der Waals surface area (Å²) in [7, 11) is 3.19.